The third kappa shape index (κ3) is 13.7. The summed E-state index contributed by atoms with van der Waals surface area (Å²) in [5, 5.41) is 5.77. The highest BCUT2D eigenvalue weighted by molar-refractivity contribution is 5.92. The first-order chi connectivity index (χ1) is 19.7. The molecule has 0 heterocycles. The van der Waals surface area contributed by atoms with Crippen molar-refractivity contribution in [3.63, 3.8) is 0 Å². The first-order valence-electron chi connectivity index (χ1n) is 15.7. The summed E-state index contributed by atoms with van der Waals surface area (Å²) in [5.74, 6) is -1.31. The molecule has 0 spiro atoms. The lowest BCUT2D eigenvalue weighted by atomic mass is 9.97. The zero-order chi connectivity index (χ0) is 31.9. The van der Waals surface area contributed by atoms with E-state index in [9.17, 15) is 19.2 Å². The Hall–Kier alpha value is -3.10. The number of primary amides is 1. The van der Waals surface area contributed by atoms with Gasteiger partial charge in [-0.05, 0) is 77.5 Å². The van der Waals surface area contributed by atoms with Crippen molar-refractivity contribution in [1.82, 2.24) is 15.5 Å². The molecule has 0 bridgehead atoms. The number of carbonyl (C=O) groups excluding carboxylic acids is 4. The summed E-state index contributed by atoms with van der Waals surface area (Å²) >= 11 is 0. The highest BCUT2D eigenvalue weighted by Gasteiger charge is 2.36. The van der Waals surface area contributed by atoms with E-state index in [0.29, 0.717) is 18.5 Å². The Bertz CT molecular complexity index is 1020. The molecule has 42 heavy (non-hydrogen) atoms. The number of nitrogens with zero attached hydrogens (tertiary/aromatic N) is 1. The molecule has 0 aromatic heterocycles. The third-order valence-electron chi connectivity index (χ3n) is 7.22. The van der Waals surface area contributed by atoms with Crippen molar-refractivity contribution < 1.29 is 23.9 Å². The largest absolute Gasteiger partial charge is 0.444 e. The molecule has 0 saturated heterocycles. The zero-order valence-electron chi connectivity index (χ0n) is 27.3. The number of unbranched alkanes of at least 4 members (excludes halogenated alkanes) is 5. The van der Waals surface area contributed by atoms with Crippen LogP contribution in [-0.2, 0) is 19.1 Å². The molecule has 9 nitrogen and oxygen atoms in total. The number of ether oxygens (including phenoxy) is 1. The van der Waals surface area contributed by atoms with Crippen molar-refractivity contribution >= 4 is 23.8 Å². The van der Waals surface area contributed by atoms with E-state index in [1.54, 1.807) is 25.7 Å². The minimum Gasteiger partial charge on any atom is -0.444 e. The van der Waals surface area contributed by atoms with Crippen LogP contribution in [0.25, 0.3) is 0 Å². The topological polar surface area (TPSA) is 131 Å². The van der Waals surface area contributed by atoms with Gasteiger partial charge in [-0.15, -0.1) is 0 Å². The molecule has 0 saturated carbocycles. The predicted molar refractivity (Wildman–Crippen MR) is 168 cm³/mol. The Kier molecular flexibility index (Phi) is 16.2. The number of alkyl carbamates (subject to hydrolysis) is 1. The van der Waals surface area contributed by atoms with Gasteiger partial charge in [0, 0.05) is 19.0 Å². The molecule has 0 aliphatic carbocycles. The average molecular weight is 589 g/mol. The number of amides is 4. The Labute approximate surface area is 253 Å². The second kappa shape index (κ2) is 18.4. The van der Waals surface area contributed by atoms with Crippen LogP contribution in [0.1, 0.15) is 128 Å². The molecule has 0 aliphatic heterocycles. The number of benzene rings is 1. The van der Waals surface area contributed by atoms with Crippen LogP contribution in [0, 0.1) is 13.8 Å². The number of hydrogen-bond donors (Lipinski definition) is 3. The molecule has 4 amide bonds. The van der Waals surface area contributed by atoms with Crippen LogP contribution in [0.3, 0.4) is 0 Å². The minimum atomic E-state index is -1.10. The highest BCUT2D eigenvalue weighted by atomic mass is 16.6. The summed E-state index contributed by atoms with van der Waals surface area (Å²) in [4.78, 5) is 54.3. The second-order valence-corrected chi connectivity index (χ2v) is 12.4. The van der Waals surface area contributed by atoms with Gasteiger partial charge in [0.25, 0.3) is 0 Å². The number of carbonyl (C=O) groups is 4. The normalized spacial score (nSPS) is 13.5. The molecular weight excluding hydrogens is 532 g/mol. The lowest BCUT2D eigenvalue weighted by molar-refractivity contribution is -0.143. The molecule has 238 valence electrons. The van der Waals surface area contributed by atoms with Gasteiger partial charge in [-0.3, -0.25) is 14.4 Å². The van der Waals surface area contributed by atoms with E-state index in [-0.39, 0.29) is 24.8 Å². The molecule has 1 aromatic rings. The van der Waals surface area contributed by atoms with Crippen molar-refractivity contribution in [1.29, 1.82) is 0 Å². The maximum Gasteiger partial charge on any atom is 0.408 e. The molecule has 0 aliphatic rings. The summed E-state index contributed by atoms with van der Waals surface area (Å²) in [6.45, 7) is 15.7. The molecule has 9 heteroatoms. The van der Waals surface area contributed by atoms with E-state index >= 15 is 0 Å². The van der Waals surface area contributed by atoms with Crippen molar-refractivity contribution in [2.45, 2.75) is 143 Å². The van der Waals surface area contributed by atoms with E-state index in [1.165, 1.54) is 0 Å². The summed E-state index contributed by atoms with van der Waals surface area (Å²) < 4.78 is 5.43. The van der Waals surface area contributed by atoms with Crippen LogP contribution in [-0.4, -0.2) is 52.9 Å². The fourth-order valence-electron chi connectivity index (χ4n) is 4.86. The number of hydrogen-bond acceptors (Lipinski definition) is 5. The molecule has 4 N–H and O–H groups in total. The maximum absolute atomic E-state index is 14.3. The maximum atomic E-state index is 14.3. The van der Waals surface area contributed by atoms with E-state index < -0.39 is 35.6 Å². The first-order valence-corrected chi connectivity index (χ1v) is 15.7. The van der Waals surface area contributed by atoms with Gasteiger partial charge in [0.15, 0.2) is 0 Å². The summed E-state index contributed by atoms with van der Waals surface area (Å²) in [6, 6.07) is 3.71. The number of nitrogens with one attached hydrogen (secondary N) is 2. The smallest absolute Gasteiger partial charge is 0.408 e. The molecule has 0 fully saturated rings. The summed E-state index contributed by atoms with van der Waals surface area (Å²) in [7, 11) is 0. The lowest BCUT2D eigenvalue weighted by Crippen LogP contribution is -2.54. The van der Waals surface area contributed by atoms with E-state index in [4.69, 9.17) is 10.5 Å². The highest BCUT2D eigenvalue weighted by Crippen LogP contribution is 2.27. The van der Waals surface area contributed by atoms with Crippen LogP contribution >= 0.6 is 0 Å². The molecule has 3 unspecified atom stereocenters. The van der Waals surface area contributed by atoms with Gasteiger partial charge < -0.3 is 26.0 Å². The molecular formula is C33H56N4O5. The van der Waals surface area contributed by atoms with Crippen molar-refractivity contribution in [2.75, 3.05) is 6.54 Å². The summed E-state index contributed by atoms with van der Waals surface area (Å²) in [5.41, 5.74) is 7.44. The Balaban J connectivity index is 3.55. The fraction of sp³-hybridized carbons (Fsp3) is 0.697. The second-order valence-electron chi connectivity index (χ2n) is 12.4. The van der Waals surface area contributed by atoms with Gasteiger partial charge in [0.05, 0.1) is 0 Å². The SMILES string of the molecule is CCCCCCCCN(C(=O)C(CCC(N)=O)NC(=O)OC(C)(C)C)C(C(=O)NC(C)CCC)c1ccc(C)c(C)c1. The standard InChI is InChI=1S/C33H56N4O5/c1-9-11-12-13-14-15-21-37(31(40)27(19-20-28(34)38)36-32(41)42-33(6,7)8)29(30(39)35-25(5)16-10-2)26-18-17-23(3)24(4)22-26/h17-18,22,25,27,29H,9-16,19-21H2,1-8H3,(H2,34,38)(H,35,39)(H,36,41). The third-order valence-corrected chi connectivity index (χ3v) is 7.22. The van der Waals surface area contributed by atoms with Crippen molar-refractivity contribution in [2.24, 2.45) is 5.73 Å². The van der Waals surface area contributed by atoms with Crippen LogP contribution in [0.2, 0.25) is 0 Å². The number of aryl methyl sites for hydroxylation is 2. The lowest BCUT2D eigenvalue weighted by Gasteiger charge is -2.35. The monoisotopic (exact) mass is 588 g/mol. The number of rotatable bonds is 18. The molecule has 1 rings (SSSR count). The Morgan fingerprint density at radius 2 is 1.55 bits per heavy atom. The average Bonchev–Trinajstić information content (AvgIpc) is 2.88. The zero-order valence-corrected chi connectivity index (χ0v) is 27.3. The van der Waals surface area contributed by atoms with Gasteiger partial charge in [0.2, 0.25) is 17.7 Å². The van der Waals surface area contributed by atoms with Gasteiger partial charge in [-0.2, -0.15) is 0 Å². The molecule has 3 atom stereocenters. The van der Waals surface area contributed by atoms with Crippen molar-refractivity contribution in [3.8, 4) is 0 Å². The van der Waals surface area contributed by atoms with Gasteiger partial charge in [0.1, 0.15) is 17.7 Å². The number of nitrogens with two attached hydrogens (primary N) is 1. The van der Waals surface area contributed by atoms with E-state index in [0.717, 1.165) is 56.1 Å². The van der Waals surface area contributed by atoms with Gasteiger partial charge >= 0.3 is 6.09 Å². The molecule has 1 aromatic carbocycles. The van der Waals surface area contributed by atoms with Crippen LogP contribution in [0.5, 0.6) is 0 Å². The minimum absolute atomic E-state index is 0.00604. The summed E-state index contributed by atoms with van der Waals surface area (Å²) in [6.07, 6.45) is 6.86. The Morgan fingerprint density at radius 1 is 0.905 bits per heavy atom. The van der Waals surface area contributed by atoms with Gasteiger partial charge in [-0.25, -0.2) is 4.79 Å². The van der Waals surface area contributed by atoms with E-state index in [1.807, 2.05) is 39.0 Å². The van der Waals surface area contributed by atoms with Crippen molar-refractivity contribution in [3.05, 3.63) is 34.9 Å². The quantitative estimate of drug-likeness (QED) is 0.181. The van der Waals surface area contributed by atoms with Crippen LogP contribution < -0.4 is 16.4 Å². The van der Waals surface area contributed by atoms with E-state index in [2.05, 4.69) is 24.5 Å². The first kappa shape index (κ1) is 36.9. The van der Waals surface area contributed by atoms with Gasteiger partial charge in [-0.1, -0.05) is 70.6 Å². The van der Waals surface area contributed by atoms with Crippen LogP contribution in [0.4, 0.5) is 4.79 Å². The fourth-order valence-corrected chi connectivity index (χ4v) is 4.86. The molecule has 0 radical (unpaired) electrons. The van der Waals surface area contributed by atoms with Crippen LogP contribution in [0.15, 0.2) is 18.2 Å². The Morgan fingerprint density at radius 3 is 2.12 bits per heavy atom. The predicted octanol–water partition coefficient (Wildman–Crippen LogP) is 6.00.